The van der Waals surface area contributed by atoms with E-state index in [1.165, 1.54) is 7.11 Å². The van der Waals surface area contributed by atoms with Gasteiger partial charge in [0.1, 0.15) is 5.76 Å². The lowest BCUT2D eigenvalue weighted by molar-refractivity contribution is 0.0601. The third kappa shape index (κ3) is 2.09. The number of hydrogen-bond donors (Lipinski definition) is 0. The molecule has 0 N–H and O–H groups in total. The predicted molar refractivity (Wildman–Crippen MR) is 65.0 cm³/mol. The van der Waals surface area contributed by atoms with Gasteiger partial charge in [-0.05, 0) is 37.1 Å². The molecule has 3 nitrogen and oxygen atoms in total. The first-order valence-electron chi connectivity index (χ1n) is 5.37. The van der Waals surface area contributed by atoms with Crippen LogP contribution in [0, 0.1) is 13.8 Å². The topological polar surface area (TPSA) is 39.4 Å². The highest BCUT2D eigenvalue weighted by Gasteiger charge is 2.09. The zero-order valence-corrected chi connectivity index (χ0v) is 10.1. The van der Waals surface area contributed by atoms with Crippen LogP contribution in [0.25, 0.3) is 11.1 Å². The Labute approximate surface area is 100 Å². The van der Waals surface area contributed by atoms with Crippen LogP contribution in [0.4, 0.5) is 0 Å². The molecule has 0 aliphatic carbocycles. The molecule has 88 valence electrons. The molecule has 0 atom stereocenters. The van der Waals surface area contributed by atoms with Gasteiger partial charge in [-0.25, -0.2) is 4.79 Å². The van der Waals surface area contributed by atoms with Crippen molar-refractivity contribution < 1.29 is 13.9 Å². The van der Waals surface area contributed by atoms with Crippen LogP contribution in [-0.4, -0.2) is 13.1 Å². The second-order valence-corrected chi connectivity index (χ2v) is 3.90. The predicted octanol–water partition coefficient (Wildman–Crippen LogP) is 3.35. The van der Waals surface area contributed by atoms with Gasteiger partial charge in [-0.15, -0.1) is 0 Å². The van der Waals surface area contributed by atoms with Crippen LogP contribution in [0.5, 0.6) is 0 Å². The van der Waals surface area contributed by atoms with Crippen molar-refractivity contribution in [3.05, 3.63) is 47.4 Å². The highest BCUT2D eigenvalue weighted by molar-refractivity contribution is 5.90. The molecule has 1 heterocycles. The molecular formula is C14H14O3. The van der Waals surface area contributed by atoms with Crippen LogP contribution < -0.4 is 0 Å². The zero-order valence-electron chi connectivity index (χ0n) is 10.1. The summed E-state index contributed by atoms with van der Waals surface area (Å²) >= 11 is 0. The fraction of sp³-hybridized carbons (Fsp3) is 0.214. The number of esters is 1. The molecule has 1 aromatic heterocycles. The number of furan rings is 1. The fourth-order valence-corrected chi connectivity index (χ4v) is 1.70. The highest BCUT2D eigenvalue weighted by Crippen LogP contribution is 2.27. The van der Waals surface area contributed by atoms with Gasteiger partial charge in [0.05, 0.1) is 18.9 Å². The Bertz CT molecular complexity index is 535. The molecule has 2 aromatic rings. The van der Waals surface area contributed by atoms with E-state index in [-0.39, 0.29) is 5.97 Å². The van der Waals surface area contributed by atoms with Crippen molar-refractivity contribution >= 4 is 5.97 Å². The second kappa shape index (κ2) is 4.45. The van der Waals surface area contributed by atoms with E-state index < -0.39 is 0 Å². The first kappa shape index (κ1) is 11.5. The number of aryl methyl sites for hydroxylation is 1. The van der Waals surface area contributed by atoms with Crippen molar-refractivity contribution in [3.63, 3.8) is 0 Å². The molecule has 0 fully saturated rings. The fourth-order valence-electron chi connectivity index (χ4n) is 1.70. The molecule has 1 aromatic carbocycles. The summed E-state index contributed by atoms with van der Waals surface area (Å²) in [5, 5.41) is 0. The molecule has 0 saturated carbocycles. The maximum atomic E-state index is 11.3. The van der Waals surface area contributed by atoms with Crippen molar-refractivity contribution in [2.75, 3.05) is 7.11 Å². The molecule has 2 rings (SSSR count). The van der Waals surface area contributed by atoms with E-state index in [0.717, 1.165) is 22.5 Å². The van der Waals surface area contributed by atoms with Crippen molar-refractivity contribution in [3.8, 4) is 11.1 Å². The lowest BCUT2D eigenvalue weighted by Gasteiger charge is -2.02. The molecular weight excluding hydrogens is 216 g/mol. The summed E-state index contributed by atoms with van der Waals surface area (Å²) in [5.41, 5.74) is 3.76. The van der Waals surface area contributed by atoms with Gasteiger partial charge < -0.3 is 9.15 Å². The summed E-state index contributed by atoms with van der Waals surface area (Å²) < 4.78 is 10.0. The summed E-state index contributed by atoms with van der Waals surface area (Å²) in [7, 11) is 1.37. The van der Waals surface area contributed by atoms with Gasteiger partial charge in [0.2, 0.25) is 0 Å². The maximum absolute atomic E-state index is 11.3. The third-order valence-electron chi connectivity index (χ3n) is 2.90. The molecule has 0 radical (unpaired) electrons. The van der Waals surface area contributed by atoms with E-state index in [4.69, 9.17) is 4.42 Å². The number of benzene rings is 1. The molecule has 3 heteroatoms. The first-order chi connectivity index (χ1) is 8.13. The van der Waals surface area contributed by atoms with Crippen molar-refractivity contribution in [1.29, 1.82) is 0 Å². The molecule has 0 bridgehead atoms. The van der Waals surface area contributed by atoms with E-state index in [2.05, 4.69) is 4.74 Å². The number of carbonyl (C=O) groups is 1. The van der Waals surface area contributed by atoms with Crippen LogP contribution in [-0.2, 0) is 4.74 Å². The van der Waals surface area contributed by atoms with E-state index >= 15 is 0 Å². The first-order valence-corrected chi connectivity index (χ1v) is 5.37. The molecule has 17 heavy (non-hydrogen) atoms. The molecule has 0 aliphatic rings. The Morgan fingerprint density at radius 3 is 2.29 bits per heavy atom. The monoisotopic (exact) mass is 230 g/mol. The Morgan fingerprint density at radius 1 is 1.18 bits per heavy atom. The minimum Gasteiger partial charge on any atom is -0.469 e. The Morgan fingerprint density at radius 2 is 1.82 bits per heavy atom. The lowest BCUT2D eigenvalue weighted by Crippen LogP contribution is -2.00. The number of methoxy groups -OCH3 is 1. The minimum absolute atomic E-state index is 0.323. The van der Waals surface area contributed by atoms with Gasteiger partial charge in [0, 0.05) is 5.56 Å². The summed E-state index contributed by atoms with van der Waals surface area (Å²) in [6.45, 7) is 3.95. The molecule has 0 aliphatic heterocycles. The van der Waals surface area contributed by atoms with E-state index in [0.29, 0.717) is 5.56 Å². The van der Waals surface area contributed by atoms with Gasteiger partial charge >= 0.3 is 5.97 Å². The molecule has 0 amide bonds. The zero-order chi connectivity index (χ0) is 12.4. The van der Waals surface area contributed by atoms with E-state index in [1.807, 2.05) is 26.0 Å². The van der Waals surface area contributed by atoms with Crippen molar-refractivity contribution in [2.24, 2.45) is 0 Å². The average molecular weight is 230 g/mol. The van der Waals surface area contributed by atoms with Crippen LogP contribution in [0.2, 0.25) is 0 Å². The SMILES string of the molecule is COC(=O)c1ccc(-c2coc(C)c2C)cc1. The highest BCUT2D eigenvalue weighted by atomic mass is 16.5. The van der Waals surface area contributed by atoms with Gasteiger partial charge in [-0.1, -0.05) is 12.1 Å². The van der Waals surface area contributed by atoms with Crippen LogP contribution >= 0.6 is 0 Å². The summed E-state index contributed by atoms with van der Waals surface area (Å²) in [6, 6.07) is 7.29. The van der Waals surface area contributed by atoms with Crippen LogP contribution in [0.15, 0.2) is 34.9 Å². The Kier molecular flexibility index (Phi) is 3.00. The summed E-state index contributed by atoms with van der Waals surface area (Å²) in [5.74, 6) is 0.591. The van der Waals surface area contributed by atoms with E-state index in [9.17, 15) is 4.79 Å². The molecule has 0 unspecified atom stereocenters. The Balaban J connectivity index is 2.36. The molecule has 0 spiro atoms. The second-order valence-electron chi connectivity index (χ2n) is 3.90. The van der Waals surface area contributed by atoms with E-state index in [1.54, 1.807) is 18.4 Å². The summed E-state index contributed by atoms with van der Waals surface area (Å²) in [4.78, 5) is 11.3. The number of carbonyl (C=O) groups excluding carboxylic acids is 1. The normalized spacial score (nSPS) is 10.3. The van der Waals surface area contributed by atoms with Gasteiger partial charge in [0.15, 0.2) is 0 Å². The number of ether oxygens (including phenoxy) is 1. The number of hydrogen-bond acceptors (Lipinski definition) is 3. The van der Waals surface area contributed by atoms with Crippen molar-refractivity contribution in [2.45, 2.75) is 13.8 Å². The van der Waals surface area contributed by atoms with Gasteiger partial charge in [-0.2, -0.15) is 0 Å². The maximum Gasteiger partial charge on any atom is 0.337 e. The van der Waals surface area contributed by atoms with Crippen molar-refractivity contribution in [1.82, 2.24) is 0 Å². The largest absolute Gasteiger partial charge is 0.469 e. The van der Waals surface area contributed by atoms with Crippen LogP contribution in [0.1, 0.15) is 21.7 Å². The smallest absolute Gasteiger partial charge is 0.337 e. The number of rotatable bonds is 2. The quantitative estimate of drug-likeness (QED) is 0.743. The summed E-state index contributed by atoms with van der Waals surface area (Å²) in [6.07, 6.45) is 1.73. The standard InChI is InChI=1S/C14H14O3/c1-9-10(2)17-8-13(9)11-4-6-12(7-5-11)14(15)16-3/h4-8H,1-3H3. The third-order valence-corrected chi connectivity index (χ3v) is 2.90. The van der Waals surface area contributed by atoms with Gasteiger partial charge in [0.25, 0.3) is 0 Å². The Hall–Kier alpha value is -2.03. The lowest BCUT2D eigenvalue weighted by atomic mass is 10.0. The minimum atomic E-state index is -0.323. The van der Waals surface area contributed by atoms with Crippen LogP contribution in [0.3, 0.4) is 0 Å². The van der Waals surface area contributed by atoms with Gasteiger partial charge in [-0.3, -0.25) is 0 Å². The molecule has 0 saturated heterocycles. The average Bonchev–Trinajstić information content (AvgIpc) is 2.69.